The number of aryl methyl sites for hydroxylation is 2. The number of ether oxygens (including phenoxy) is 1. The second kappa shape index (κ2) is 7.61. The first-order chi connectivity index (χ1) is 12.8. The average molecular weight is 392 g/mol. The maximum atomic E-state index is 12.5. The Hall–Kier alpha value is -2.52. The number of hydrogen-bond donors (Lipinski definition) is 0. The van der Waals surface area contributed by atoms with E-state index in [2.05, 4.69) is 5.16 Å². The van der Waals surface area contributed by atoms with Crippen LogP contribution in [0.2, 0.25) is 0 Å². The summed E-state index contributed by atoms with van der Waals surface area (Å²) in [5.41, 5.74) is 0.859. The van der Waals surface area contributed by atoms with Crippen molar-refractivity contribution in [1.29, 1.82) is 0 Å². The maximum Gasteiger partial charge on any atom is 0.344 e. The molecule has 0 spiro atoms. The summed E-state index contributed by atoms with van der Waals surface area (Å²) in [5, 5.41) is 3.67. The van der Waals surface area contributed by atoms with Crippen LogP contribution < -0.4 is 0 Å². The number of Topliss-reactive ketones (excluding diaryl/α,β-unsaturated/α-hetero) is 1. The van der Waals surface area contributed by atoms with E-state index in [1.165, 1.54) is 28.6 Å². The molecule has 144 valence electrons. The summed E-state index contributed by atoms with van der Waals surface area (Å²) in [5.74, 6) is -0.797. The van der Waals surface area contributed by atoms with E-state index in [1.54, 1.807) is 13.8 Å². The lowest BCUT2D eigenvalue weighted by Gasteiger charge is -2.15. The third-order valence-corrected chi connectivity index (χ3v) is 6.36. The molecule has 27 heavy (non-hydrogen) atoms. The number of sulfonamides is 1. The largest absolute Gasteiger partial charge is 0.454 e. The number of hydrogen-bond acceptors (Lipinski definition) is 7. The van der Waals surface area contributed by atoms with E-state index in [1.807, 2.05) is 0 Å². The Morgan fingerprint density at radius 1 is 1.15 bits per heavy atom. The van der Waals surface area contributed by atoms with Crippen LogP contribution in [0.1, 0.15) is 45.0 Å². The predicted octanol–water partition coefficient (Wildman–Crippen LogP) is 2.12. The van der Waals surface area contributed by atoms with Gasteiger partial charge in [0.15, 0.2) is 12.4 Å². The maximum absolute atomic E-state index is 12.5. The van der Waals surface area contributed by atoms with Crippen LogP contribution in [-0.4, -0.2) is 49.3 Å². The normalized spacial score (nSPS) is 15.0. The van der Waals surface area contributed by atoms with E-state index in [9.17, 15) is 18.0 Å². The van der Waals surface area contributed by atoms with Gasteiger partial charge in [0.1, 0.15) is 11.3 Å². The van der Waals surface area contributed by atoms with Gasteiger partial charge in [0.05, 0.1) is 10.6 Å². The van der Waals surface area contributed by atoms with Crippen molar-refractivity contribution < 1.29 is 27.3 Å². The quantitative estimate of drug-likeness (QED) is 0.547. The summed E-state index contributed by atoms with van der Waals surface area (Å²) in [6, 6.07) is 5.65. The van der Waals surface area contributed by atoms with Gasteiger partial charge in [-0.1, -0.05) is 5.16 Å². The number of nitrogens with zero attached hydrogens (tertiary/aromatic N) is 2. The van der Waals surface area contributed by atoms with Crippen LogP contribution in [0.15, 0.2) is 33.7 Å². The van der Waals surface area contributed by atoms with Crippen molar-refractivity contribution in [3.8, 4) is 0 Å². The highest BCUT2D eigenvalue weighted by Gasteiger charge is 2.27. The summed E-state index contributed by atoms with van der Waals surface area (Å²) < 4.78 is 36.3. The lowest BCUT2D eigenvalue weighted by atomic mass is 10.1. The molecule has 1 fully saturated rings. The topological polar surface area (TPSA) is 107 Å². The first-order valence-corrected chi connectivity index (χ1v) is 9.98. The van der Waals surface area contributed by atoms with E-state index in [0.717, 1.165) is 12.8 Å². The van der Waals surface area contributed by atoms with E-state index in [4.69, 9.17) is 9.26 Å². The lowest BCUT2D eigenvalue weighted by Crippen LogP contribution is -2.27. The Kier molecular flexibility index (Phi) is 5.43. The highest BCUT2D eigenvalue weighted by Crippen LogP contribution is 2.21. The summed E-state index contributed by atoms with van der Waals surface area (Å²) >= 11 is 0. The monoisotopic (exact) mass is 392 g/mol. The van der Waals surface area contributed by atoms with Crippen molar-refractivity contribution in [1.82, 2.24) is 9.46 Å². The predicted molar refractivity (Wildman–Crippen MR) is 95.0 cm³/mol. The molecule has 3 rings (SSSR count). The smallest absolute Gasteiger partial charge is 0.344 e. The number of carbonyl (C=O) groups excluding carboxylic acids is 2. The van der Waals surface area contributed by atoms with E-state index in [-0.39, 0.29) is 16.0 Å². The zero-order chi connectivity index (χ0) is 19.6. The SMILES string of the molecule is Cc1noc(C)c1C(=O)OCC(=O)c1ccc(S(=O)(=O)N2CCCC2)cc1. The van der Waals surface area contributed by atoms with Gasteiger partial charge in [0, 0.05) is 18.7 Å². The molecule has 1 aromatic carbocycles. The van der Waals surface area contributed by atoms with E-state index >= 15 is 0 Å². The molecule has 0 aliphatic carbocycles. The van der Waals surface area contributed by atoms with E-state index in [0.29, 0.717) is 24.5 Å². The molecule has 0 atom stereocenters. The minimum absolute atomic E-state index is 0.147. The fraction of sp³-hybridized carbons (Fsp3) is 0.389. The van der Waals surface area contributed by atoms with Gasteiger partial charge in [-0.3, -0.25) is 4.79 Å². The molecule has 0 bridgehead atoms. The van der Waals surface area contributed by atoms with Gasteiger partial charge in [0.25, 0.3) is 0 Å². The van der Waals surface area contributed by atoms with Gasteiger partial charge in [-0.05, 0) is 51.0 Å². The molecule has 0 saturated carbocycles. The van der Waals surface area contributed by atoms with Crippen LogP contribution in [0.25, 0.3) is 0 Å². The highest BCUT2D eigenvalue weighted by atomic mass is 32.2. The molecule has 0 amide bonds. The van der Waals surface area contributed by atoms with E-state index < -0.39 is 28.4 Å². The van der Waals surface area contributed by atoms with Crippen LogP contribution in [0.3, 0.4) is 0 Å². The minimum Gasteiger partial charge on any atom is -0.454 e. The Balaban J connectivity index is 1.65. The van der Waals surface area contributed by atoms with Crippen LogP contribution in [0.4, 0.5) is 0 Å². The molecule has 1 aliphatic rings. The minimum atomic E-state index is -3.53. The van der Waals surface area contributed by atoms with Crippen molar-refractivity contribution in [3.05, 3.63) is 46.8 Å². The Labute approximate surface area is 157 Å². The molecular formula is C18H20N2O6S. The second-order valence-corrected chi connectivity index (χ2v) is 8.27. The molecule has 9 heteroatoms. The molecule has 2 heterocycles. The number of rotatable bonds is 6. The average Bonchev–Trinajstić information content (AvgIpc) is 3.30. The van der Waals surface area contributed by atoms with Crippen molar-refractivity contribution in [2.75, 3.05) is 19.7 Å². The van der Waals surface area contributed by atoms with Crippen molar-refractivity contribution in [3.63, 3.8) is 0 Å². The zero-order valence-electron chi connectivity index (χ0n) is 15.1. The second-order valence-electron chi connectivity index (χ2n) is 6.33. The summed E-state index contributed by atoms with van der Waals surface area (Å²) in [7, 11) is -3.53. The van der Waals surface area contributed by atoms with Crippen LogP contribution in [0, 0.1) is 13.8 Å². The standard InChI is InChI=1S/C18H20N2O6S/c1-12-17(13(2)26-19-12)18(22)25-11-16(21)14-5-7-15(8-6-14)27(23,24)20-9-3-4-10-20/h5-8H,3-4,9-11H2,1-2H3. The number of aromatic nitrogens is 1. The zero-order valence-corrected chi connectivity index (χ0v) is 15.9. The molecule has 0 N–H and O–H groups in total. The van der Waals surface area contributed by atoms with Crippen molar-refractivity contribution in [2.24, 2.45) is 0 Å². The van der Waals surface area contributed by atoms with Gasteiger partial charge in [-0.25, -0.2) is 13.2 Å². The lowest BCUT2D eigenvalue weighted by molar-refractivity contribution is 0.0472. The molecule has 8 nitrogen and oxygen atoms in total. The number of ketones is 1. The van der Waals surface area contributed by atoms with Gasteiger partial charge >= 0.3 is 5.97 Å². The Morgan fingerprint density at radius 2 is 1.78 bits per heavy atom. The van der Waals surface area contributed by atoms with Gasteiger partial charge < -0.3 is 9.26 Å². The van der Waals surface area contributed by atoms with Gasteiger partial charge in [-0.15, -0.1) is 0 Å². The molecule has 1 aliphatic heterocycles. The first-order valence-electron chi connectivity index (χ1n) is 8.54. The molecule has 1 saturated heterocycles. The van der Waals surface area contributed by atoms with Crippen molar-refractivity contribution >= 4 is 21.8 Å². The first kappa shape index (κ1) is 19.2. The fourth-order valence-corrected chi connectivity index (χ4v) is 4.47. The number of benzene rings is 1. The Morgan fingerprint density at radius 3 is 2.33 bits per heavy atom. The number of esters is 1. The summed E-state index contributed by atoms with van der Waals surface area (Å²) in [4.78, 5) is 24.4. The fourth-order valence-electron chi connectivity index (χ4n) is 2.95. The molecule has 2 aromatic rings. The van der Waals surface area contributed by atoms with Crippen LogP contribution in [-0.2, 0) is 14.8 Å². The third kappa shape index (κ3) is 3.93. The van der Waals surface area contributed by atoms with Crippen LogP contribution in [0.5, 0.6) is 0 Å². The third-order valence-electron chi connectivity index (χ3n) is 4.45. The molecule has 0 unspecified atom stereocenters. The Bertz CT molecular complexity index is 937. The summed E-state index contributed by atoms with van der Waals surface area (Å²) in [6.07, 6.45) is 1.71. The van der Waals surface area contributed by atoms with Crippen LogP contribution >= 0.6 is 0 Å². The van der Waals surface area contributed by atoms with Gasteiger partial charge in [-0.2, -0.15) is 4.31 Å². The molecule has 1 aromatic heterocycles. The van der Waals surface area contributed by atoms with Gasteiger partial charge in [0.2, 0.25) is 10.0 Å². The summed E-state index contributed by atoms with van der Waals surface area (Å²) in [6.45, 7) is 3.76. The molecular weight excluding hydrogens is 372 g/mol. The molecule has 0 radical (unpaired) electrons. The van der Waals surface area contributed by atoms with Crippen molar-refractivity contribution in [2.45, 2.75) is 31.6 Å². The highest BCUT2D eigenvalue weighted by molar-refractivity contribution is 7.89. The number of carbonyl (C=O) groups is 2.